The SMILES string of the molecule is CPC(=Nc1cccc(-c2cccc(NC(=O)c3nc4c(n3C)CCNC4)c2Cl)c1C#N)c1nc2c(n1C)CCN(C(=O)OC(C)(C)C)C2. The first-order chi connectivity index (χ1) is 23.4. The van der Waals surface area contributed by atoms with Crippen molar-refractivity contribution in [3.05, 3.63) is 81.4 Å². The van der Waals surface area contributed by atoms with Crippen LogP contribution in [0.3, 0.4) is 0 Å². The van der Waals surface area contributed by atoms with E-state index in [1.165, 1.54) is 0 Å². The van der Waals surface area contributed by atoms with E-state index in [-0.39, 0.29) is 20.6 Å². The number of anilines is 1. The standard InChI is InChI=1S/C35H39ClN9O3P/c1-35(2,3)48-34(47)45-16-14-28-26(19-45)40-31(44(28)5)33(49-6)42-23-11-7-9-20(22(23)17-37)21-10-8-12-24(29(21)36)41-32(46)30-39-25-18-38-15-13-27(25)43(30)4/h7-12,38,49H,13-16,18-19H2,1-6H3,(H,41,46). The normalized spacial score (nSPS) is 14.8. The van der Waals surface area contributed by atoms with Gasteiger partial charge in [0.2, 0.25) is 0 Å². The summed E-state index contributed by atoms with van der Waals surface area (Å²) in [5.74, 6) is 0.640. The van der Waals surface area contributed by atoms with Crippen molar-refractivity contribution in [3.8, 4) is 17.2 Å². The molecule has 0 spiro atoms. The highest BCUT2D eigenvalue weighted by Gasteiger charge is 2.30. The van der Waals surface area contributed by atoms with E-state index in [0.29, 0.717) is 70.8 Å². The van der Waals surface area contributed by atoms with Gasteiger partial charge >= 0.3 is 6.09 Å². The molecule has 6 rings (SSSR count). The first-order valence-corrected chi connectivity index (χ1v) is 18.0. The van der Waals surface area contributed by atoms with Gasteiger partial charge < -0.3 is 29.4 Å². The summed E-state index contributed by atoms with van der Waals surface area (Å²) in [6.07, 6.45) is 1.08. The number of benzene rings is 2. The van der Waals surface area contributed by atoms with Crippen molar-refractivity contribution < 1.29 is 14.3 Å². The van der Waals surface area contributed by atoms with Crippen LogP contribution in [0.4, 0.5) is 16.2 Å². The number of ether oxygens (including phenoxy) is 1. The molecule has 2 aromatic carbocycles. The van der Waals surface area contributed by atoms with Gasteiger partial charge in [-0.25, -0.2) is 19.8 Å². The molecule has 0 aliphatic carbocycles. The monoisotopic (exact) mass is 699 g/mol. The molecule has 2 aliphatic rings. The van der Waals surface area contributed by atoms with Crippen LogP contribution in [0.2, 0.25) is 5.02 Å². The number of rotatable bonds is 6. The molecule has 1 unspecified atom stereocenters. The number of fused-ring (bicyclic) bond motifs is 2. The van der Waals surface area contributed by atoms with Crippen molar-refractivity contribution in [1.29, 1.82) is 5.26 Å². The van der Waals surface area contributed by atoms with Crippen molar-refractivity contribution >= 4 is 49.0 Å². The number of nitriles is 1. The summed E-state index contributed by atoms with van der Waals surface area (Å²) >= 11 is 6.93. The molecule has 14 heteroatoms. The lowest BCUT2D eigenvalue weighted by atomic mass is 9.98. The van der Waals surface area contributed by atoms with E-state index in [2.05, 4.69) is 21.7 Å². The number of halogens is 1. The van der Waals surface area contributed by atoms with Crippen molar-refractivity contribution in [2.45, 2.75) is 52.3 Å². The van der Waals surface area contributed by atoms with Gasteiger partial charge in [-0.15, -0.1) is 0 Å². The number of aromatic nitrogens is 4. The van der Waals surface area contributed by atoms with Gasteiger partial charge in [0.1, 0.15) is 17.1 Å². The predicted octanol–water partition coefficient (Wildman–Crippen LogP) is 5.92. The molecule has 4 aromatic rings. The van der Waals surface area contributed by atoms with Crippen LogP contribution in [0, 0.1) is 11.3 Å². The maximum atomic E-state index is 13.3. The molecule has 0 saturated heterocycles. The molecule has 4 heterocycles. The molecule has 49 heavy (non-hydrogen) atoms. The summed E-state index contributed by atoms with van der Waals surface area (Å²) in [5, 5.41) is 16.9. The second kappa shape index (κ2) is 13.7. The van der Waals surface area contributed by atoms with E-state index in [1.54, 1.807) is 23.1 Å². The molecule has 2 N–H and O–H groups in total. The van der Waals surface area contributed by atoms with Crippen molar-refractivity contribution in [1.82, 2.24) is 29.3 Å². The smallest absolute Gasteiger partial charge is 0.410 e. The number of carbonyl (C=O) groups is 2. The molecule has 0 fully saturated rings. The maximum absolute atomic E-state index is 13.3. The van der Waals surface area contributed by atoms with Gasteiger partial charge in [0.15, 0.2) is 11.6 Å². The van der Waals surface area contributed by atoms with Crippen LogP contribution >= 0.6 is 20.2 Å². The van der Waals surface area contributed by atoms with Crippen LogP contribution in [0.15, 0.2) is 41.4 Å². The summed E-state index contributed by atoms with van der Waals surface area (Å²) < 4.78 is 9.45. The first kappa shape index (κ1) is 34.3. The highest BCUT2D eigenvalue weighted by Crippen LogP contribution is 2.39. The molecule has 0 radical (unpaired) electrons. The van der Waals surface area contributed by atoms with E-state index in [1.807, 2.05) is 68.9 Å². The Morgan fingerprint density at radius 3 is 2.45 bits per heavy atom. The lowest BCUT2D eigenvalue weighted by Crippen LogP contribution is -2.40. The fraction of sp³-hybridized carbons (Fsp3) is 0.371. The van der Waals surface area contributed by atoms with Crippen LogP contribution in [0.1, 0.15) is 65.6 Å². The average Bonchev–Trinajstić information content (AvgIpc) is 3.59. The van der Waals surface area contributed by atoms with Gasteiger partial charge in [0.05, 0.1) is 39.9 Å². The van der Waals surface area contributed by atoms with Gasteiger partial charge in [-0.2, -0.15) is 5.26 Å². The molecule has 2 aromatic heterocycles. The van der Waals surface area contributed by atoms with Gasteiger partial charge in [0, 0.05) is 69.1 Å². The van der Waals surface area contributed by atoms with Crippen LogP contribution in [0.25, 0.3) is 11.1 Å². The second-order valence-electron chi connectivity index (χ2n) is 13.0. The topological polar surface area (TPSA) is 142 Å². The minimum absolute atomic E-state index is 0.272. The third kappa shape index (κ3) is 6.84. The summed E-state index contributed by atoms with van der Waals surface area (Å²) in [6, 6.07) is 13.1. The molecule has 254 valence electrons. The highest BCUT2D eigenvalue weighted by molar-refractivity contribution is 7.58. The van der Waals surface area contributed by atoms with E-state index in [9.17, 15) is 14.9 Å². The molecule has 1 atom stereocenters. The van der Waals surface area contributed by atoms with Gasteiger partial charge in [-0.3, -0.25) is 4.79 Å². The average molecular weight is 700 g/mol. The number of amides is 2. The predicted molar refractivity (Wildman–Crippen MR) is 192 cm³/mol. The van der Waals surface area contributed by atoms with Crippen LogP contribution in [0.5, 0.6) is 0 Å². The lowest BCUT2D eigenvalue weighted by molar-refractivity contribution is 0.0220. The van der Waals surface area contributed by atoms with Crippen LogP contribution in [-0.4, -0.2) is 66.8 Å². The summed E-state index contributed by atoms with van der Waals surface area (Å²) in [7, 11) is 4.08. The fourth-order valence-corrected chi connectivity index (χ4v) is 7.16. The Morgan fingerprint density at radius 2 is 1.73 bits per heavy atom. The molecular weight excluding hydrogens is 661 g/mol. The van der Waals surface area contributed by atoms with Gasteiger partial charge in [-0.1, -0.05) is 44.4 Å². The third-order valence-corrected chi connectivity index (χ3v) is 9.83. The van der Waals surface area contributed by atoms with Gasteiger partial charge in [0.25, 0.3) is 5.91 Å². The minimum Gasteiger partial charge on any atom is -0.444 e. The largest absolute Gasteiger partial charge is 0.444 e. The molecule has 12 nitrogen and oxygen atoms in total. The number of hydrogen-bond donors (Lipinski definition) is 2. The van der Waals surface area contributed by atoms with Crippen LogP contribution < -0.4 is 10.6 Å². The van der Waals surface area contributed by atoms with Crippen molar-refractivity contribution in [2.24, 2.45) is 19.1 Å². The van der Waals surface area contributed by atoms with Gasteiger partial charge in [-0.05, 0) is 39.6 Å². The van der Waals surface area contributed by atoms with E-state index >= 15 is 0 Å². The Balaban J connectivity index is 1.30. The Hall–Kier alpha value is -4.56. The molecular formula is C35H39ClN9O3P. The minimum atomic E-state index is -0.584. The quantitative estimate of drug-likeness (QED) is 0.188. The van der Waals surface area contributed by atoms with Crippen molar-refractivity contribution in [3.63, 3.8) is 0 Å². The highest BCUT2D eigenvalue weighted by atomic mass is 35.5. The Kier molecular flexibility index (Phi) is 9.63. The molecule has 2 aliphatic heterocycles. The Bertz CT molecular complexity index is 2040. The van der Waals surface area contributed by atoms with Crippen molar-refractivity contribution in [2.75, 3.05) is 25.1 Å². The number of hydrogen-bond acceptors (Lipinski definition) is 8. The number of imidazole rings is 2. The Labute approximate surface area is 292 Å². The maximum Gasteiger partial charge on any atom is 0.410 e. The molecule has 2 amide bonds. The third-order valence-electron chi connectivity index (χ3n) is 8.61. The lowest BCUT2D eigenvalue weighted by Gasteiger charge is -2.29. The summed E-state index contributed by atoms with van der Waals surface area (Å²) in [4.78, 5) is 42.3. The second-order valence-corrected chi connectivity index (χ2v) is 14.3. The number of carbonyl (C=O) groups excluding carboxylic acids is 2. The first-order valence-electron chi connectivity index (χ1n) is 16.1. The fourth-order valence-electron chi connectivity index (χ4n) is 6.21. The number of aliphatic imine (C=N–C) groups is 1. The molecule has 0 bridgehead atoms. The zero-order chi connectivity index (χ0) is 35.0. The number of nitrogens with one attached hydrogen (secondary N) is 2. The number of nitrogens with zero attached hydrogens (tertiary/aromatic N) is 7. The van der Waals surface area contributed by atoms with E-state index in [0.717, 1.165) is 41.2 Å². The zero-order valence-electron chi connectivity index (χ0n) is 28.4. The summed E-state index contributed by atoms with van der Waals surface area (Å²) in [5.41, 5.74) is 6.34. The van der Waals surface area contributed by atoms with E-state index < -0.39 is 5.60 Å². The zero-order valence-corrected chi connectivity index (χ0v) is 30.2. The molecule has 0 saturated carbocycles. The summed E-state index contributed by atoms with van der Waals surface area (Å²) in [6.45, 7) is 9.92. The van der Waals surface area contributed by atoms with E-state index in [4.69, 9.17) is 26.3 Å². The van der Waals surface area contributed by atoms with Crippen LogP contribution in [-0.2, 0) is 44.8 Å². The Morgan fingerprint density at radius 1 is 1.04 bits per heavy atom.